The molecular weight excluding hydrogens is 231 g/mol. The van der Waals surface area contributed by atoms with E-state index in [4.69, 9.17) is 3.08 Å². The van der Waals surface area contributed by atoms with Gasteiger partial charge in [0.2, 0.25) is 0 Å². The predicted octanol–water partition coefficient (Wildman–Crippen LogP) is 2.87. The summed E-state index contributed by atoms with van der Waals surface area (Å²) in [6.07, 6.45) is 8.49. The molecule has 0 aromatic rings. The minimum absolute atomic E-state index is 0.300. The zero-order valence-electron chi connectivity index (χ0n) is 7.15. The molecule has 60 valence electrons. The van der Waals surface area contributed by atoms with Gasteiger partial charge < -0.3 is 0 Å². The van der Waals surface area contributed by atoms with E-state index in [1.165, 1.54) is 38.5 Å². The van der Waals surface area contributed by atoms with Gasteiger partial charge in [0.1, 0.15) is 0 Å². The van der Waals surface area contributed by atoms with E-state index < -0.39 is 0 Å². The molecule has 0 aliphatic rings. The average Bonchev–Trinajstić information content (AvgIpc) is 2.02. The van der Waals surface area contributed by atoms with E-state index in [9.17, 15) is 0 Å². The van der Waals surface area contributed by atoms with Crippen molar-refractivity contribution >= 4 is 22.5 Å². The average molecular weight is 249 g/mol. The maximum absolute atomic E-state index is 8.34. The van der Waals surface area contributed by atoms with Crippen LogP contribution in [-0.2, 0) is 3.08 Å². The summed E-state index contributed by atoms with van der Waals surface area (Å²) in [4.78, 5) is 0. The van der Waals surface area contributed by atoms with E-state index >= 15 is 0 Å². The second kappa shape index (κ2) is 16.3. The normalized spacial score (nSPS) is 8.20. The molecule has 0 spiro atoms. The SMILES string of the molecule is CCCCCCCC.[O]=[Sn]. The van der Waals surface area contributed by atoms with Gasteiger partial charge in [-0.1, -0.05) is 52.4 Å². The standard InChI is InChI=1S/C8H18.O.Sn/c1-3-5-7-8-6-4-2;;/h3-8H2,1-2H3;;. The molecule has 0 saturated heterocycles. The van der Waals surface area contributed by atoms with Crippen LogP contribution in [0, 0.1) is 0 Å². The topological polar surface area (TPSA) is 17.1 Å². The van der Waals surface area contributed by atoms with Crippen LogP contribution in [0.5, 0.6) is 0 Å². The van der Waals surface area contributed by atoms with Gasteiger partial charge >= 0.3 is 25.6 Å². The van der Waals surface area contributed by atoms with Crippen molar-refractivity contribution in [2.45, 2.75) is 52.4 Å². The van der Waals surface area contributed by atoms with E-state index in [1.54, 1.807) is 0 Å². The van der Waals surface area contributed by atoms with Crippen molar-refractivity contribution in [1.82, 2.24) is 0 Å². The molecule has 0 aromatic carbocycles. The van der Waals surface area contributed by atoms with Crippen molar-refractivity contribution in [2.75, 3.05) is 0 Å². The molecule has 0 heterocycles. The monoisotopic (exact) mass is 250 g/mol. The summed E-state index contributed by atoms with van der Waals surface area (Å²) in [5.74, 6) is 0. The quantitative estimate of drug-likeness (QED) is 0.540. The Morgan fingerprint density at radius 1 is 0.800 bits per heavy atom. The number of hydrogen-bond donors (Lipinski definition) is 0. The van der Waals surface area contributed by atoms with Crippen LogP contribution in [-0.4, -0.2) is 22.5 Å². The van der Waals surface area contributed by atoms with Crippen LogP contribution in [0.3, 0.4) is 0 Å². The fraction of sp³-hybridized carbons (Fsp3) is 1.00. The van der Waals surface area contributed by atoms with Gasteiger partial charge in [0.05, 0.1) is 0 Å². The first-order valence-electron chi connectivity index (χ1n) is 4.12. The predicted molar refractivity (Wildman–Crippen MR) is 45.5 cm³/mol. The van der Waals surface area contributed by atoms with Crippen LogP contribution < -0.4 is 0 Å². The van der Waals surface area contributed by atoms with Gasteiger partial charge in [0.25, 0.3) is 0 Å². The summed E-state index contributed by atoms with van der Waals surface area (Å²) < 4.78 is 8.34. The second-order valence-corrected chi connectivity index (χ2v) is 2.41. The summed E-state index contributed by atoms with van der Waals surface area (Å²) in [6.45, 7) is 4.51. The summed E-state index contributed by atoms with van der Waals surface area (Å²) in [7, 11) is 0. The molecular formula is C8H18OSn. The number of hydrogen-bond acceptors (Lipinski definition) is 1. The van der Waals surface area contributed by atoms with Crippen molar-refractivity contribution in [1.29, 1.82) is 0 Å². The first kappa shape index (κ1) is 13.2. The molecule has 10 heavy (non-hydrogen) atoms. The summed E-state index contributed by atoms with van der Waals surface area (Å²) in [5, 5.41) is 0. The molecule has 0 aromatic heterocycles. The first-order chi connectivity index (χ1) is 4.91. The third-order valence-electron chi connectivity index (χ3n) is 1.46. The fourth-order valence-corrected chi connectivity index (χ4v) is 0.854. The number of unbranched alkanes of at least 4 members (excludes halogenated alkanes) is 5. The Hall–Kier alpha value is 0.599. The van der Waals surface area contributed by atoms with E-state index in [1.807, 2.05) is 0 Å². The maximum atomic E-state index is 8.34. The van der Waals surface area contributed by atoms with E-state index in [-0.39, 0.29) is 0 Å². The van der Waals surface area contributed by atoms with Gasteiger partial charge in [-0.2, -0.15) is 0 Å². The molecule has 0 rings (SSSR count). The third-order valence-corrected chi connectivity index (χ3v) is 1.46. The summed E-state index contributed by atoms with van der Waals surface area (Å²) in [6, 6.07) is 0. The van der Waals surface area contributed by atoms with E-state index in [2.05, 4.69) is 13.8 Å². The van der Waals surface area contributed by atoms with Crippen LogP contribution in [0.25, 0.3) is 0 Å². The Labute approximate surface area is 78.1 Å². The zero-order valence-corrected chi connectivity index (χ0v) is 10.0. The van der Waals surface area contributed by atoms with Crippen LogP contribution >= 0.6 is 0 Å². The van der Waals surface area contributed by atoms with Crippen molar-refractivity contribution in [3.63, 3.8) is 0 Å². The number of rotatable bonds is 5. The molecule has 2 heteroatoms. The molecule has 0 aliphatic carbocycles. The van der Waals surface area contributed by atoms with Crippen molar-refractivity contribution < 1.29 is 3.08 Å². The molecule has 0 amide bonds. The molecule has 0 unspecified atom stereocenters. The van der Waals surface area contributed by atoms with Crippen LogP contribution in [0.4, 0.5) is 0 Å². The Morgan fingerprint density at radius 3 is 1.30 bits per heavy atom. The van der Waals surface area contributed by atoms with Crippen LogP contribution in [0.1, 0.15) is 52.4 Å². The third kappa shape index (κ3) is 15.8. The van der Waals surface area contributed by atoms with Gasteiger partial charge in [-0.05, 0) is 0 Å². The molecule has 0 fully saturated rings. The molecule has 0 atom stereocenters. The van der Waals surface area contributed by atoms with Crippen LogP contribution in [0.2, 0.25) is 0 Å². The molecule has 1 nitrogen and oxygen atoms in total. The first-order valence-corrected chi connectivity index (χ1v) is 5.28. The second-order valence-electron chi connectivity index (χ2n) is 2.41. The van der Waals surface area contributed by atoms with Crippen LogP contribution in [0.15, 0.2) is 0 Å². The minimum atomic E-state index is 0.300. The van der Waals surface area contributed by atoms with Crippen molar-refractivity contribution in [3.05, 3.63) is 0 Å². The Balaban J connectivity index is 0. The van der Waals surface area contributed by atoms with Gasteiger partial charge in [0, 0.05) is 0 Å². The van der Waals surface area contributed by atoms with Gasteiger partial charge in [-0.25, -0.2) is 0 Å². The molecule has 2 radical (unpaired) electrons. The Kier molecular flexibility index (Phi) is 21.5. The molecule has 0 saturated carbocycles. The molecule has 0 bridgehead atoms. The Bertz CT molecular complexity index is 42.5. The summed E-state index contributed by atoms with van der Waals surface area (Å²) >= 11 is 0.300. The van der Waals surface area contributed by atoms with Crippen molar-refractivity contribution in [2.24, 2.45) is 0 Å². The van der Waals surface area contributed by atoms with E-state index in [0.717, 1.165) is 0 Å². The molecule has 0 N–H and O–H groups in total. The zero-order chi connectivity index (χ0) is 8.24. The van der Waals surface area contributed by atoms with Gasteiger partial charge in [-0.15, -0.1) is 0 Å². The van der Waals surface area contributed by atoms with Gasteiger partial charge in [-0.3, -0.25) is 0 Å². The van der Waals surface area contributed by atoms with Crippen molar-refractivity contribution in [3.8, 4) is 0 Å². The fourth-order valence-electron chi connectivity index (χ4n) is 0.854. The van der Waals surface area contributed by atoms with E-state index in [0.29, 0.717) is 22.5 Å². The van der Waals surface area contributed by atoms with Gasteiger partial charge in [0.15, 0.2) is 0 Å². The molecule has 0 aliphatic heterocycles. The summed E-state index contributed by atoms with van der Waals surface area (Å²) in [5.41, 5.74) is 0. The Morgan fingerprint density at radius 2 is 1.10 bits per heavy atom.